The quantitative estimate of drug-likeness (QED) is 0.762. The standard InChI is InChI=1S/C20H24ClN5/c1-24-9-11-26(12-10-24)20-8-7-15(13-17(20)21)22-14-18-16-5-3-4-6-19(16)25(2)23-18/h3-8,13,22H,9-12,14H2,1-2H3. The molecule has 5 nitrogen and oxygen atoms in total. The first-order chi connectivity index (χ1) is 12.6. The maximum Gasteiger partial charge on any atom is 0.0894 e. The topological polar surface area (TPSA) is 36.3 Å². The summed E-state index contributed by atoms with van der Waals surface area (Å²) in [5.74, 6) is 0. The van der Waals surface area contributed by atoms with Crippen LogP contribution in [0.25, 0.3) is 10.9 Å². The number of likely N-dealkylation sites (N-methyl/N-ethyl adjacent to an activating group) is 1. The van der Waals surface area contributed by atoms with Crippen molar-refractivity contribution < 1.29 is 0 Å². The highest BCUT2D eigenvalue weighted by atomic mass is 35.5. The molecule has 0 amide bonds. The highest BCUT2D eigenvalue weighted by Gasteiger charge is 2.16. The molecule has 1 aliphatic rings. The van der Waals surface area contributed by atoms with E-state index in [0.29, 0.717) is 6.54 Å². The molecule has 1 aromatic heterocycles. The van der Waals surface area contributed by atoms with Gasteiger partial charge in [-0.3, -0.25) is 4.68 Å². The number of halogens is 1. The molecule has 6 heteroatoms. The van der Waals surface area contributed by atoms with Crippen LogP contribution < -0.4 is 10.2 Å². The van der Waals surface area contributed by atoms with Crippen molar-refractivity contribution in [2.45, 2.75) is 6.54 Å². The summed E-state index contributed by atoms with van der Waals surface area (Å²) in [5.41, 5.74) is 4.33. The zero-order valence-electron chi connectivity index (χ0n) is 15.2. The Balaban J connectivity index is 1.48. The molecule has 0 aliphatic carbocycles. The maximum absolute atomic E-state index is 6.57. The average molecular weight is 370 g/mol. The lowest BCUT2D eigenvalue weighted by Crippen LogP contribution is -2.44. The molecule has 136 valence electrons. The summed E-state index contributed by atoms with van der Waals surface area (Å²) in [6.07, 6.45) is 0. The molecular weight excluding hydrogens is 346 g/mol. The van der Waals surface area contributed by atoms with Gasteiger partial charge in [-0.1, -0.05) is 29.8 Å². The number of nitrogens with zero attached hydrogens (tertiary/aromatic N) is 4. The summed E-state index contributed by atoms with van der Waals surface area (Å²) in [4.78, 5) is 4.70. The summed E-state index contributed by atoms with van der Waals surface area (Å²) < 4.78 is 1.93. The number of hydrogen-bond donors (Lipinski definition) is 1. The average Bonchev–Trinajstić information content (AvgIpc) is 2.97. The van der Waals surface area contributed by atoms with E-state index in [2.05, 4.69) is 57.6 Å². The molecule has 3 aromatic rings. The van der Waals surface area contributed by atoms with Crippen molar-refractivity contribution in [1.82, 2.24) is 14.7 Å². The van der Waals surface area contributed by atoms with Crippen LogP contribution in [0.4, 0.5) is 11.4 Å². The largest absolute Gasteiger partial charge is 0.379 e. The van der Waals surface area contributed by atoms with Crippen molar-refractivity contribution in [3.63, 3.8) is 0 Å². The minimum atomic E-state index is 0.672. The van der Waals surface area contributed by atoms with Crippen molar-refractivity contribution >= 4 is 33.9 Å². The SMILES string of the molecule is CN1CCN(c2ccc(NCc3nn(C)c4ccccc34)cc2Cl)CC1. The molecule has 1 saturated heterocycles. The number of piperazine rings is 1. The van der Waals surface area contributed by atoms with Gasteiger partial charge in [0.05, 0.1) is 28.5 Å². The van der Waals surface area contributed by atoms with Crippen LogP contribution in [0.15, 0.2) is 42.5 Å². The number of benzene rings is 2. The predicted octanol–water partition coefficient (Wildman–Crippen LogP) is 3.59. The number of para-hydroxylation sites is 1. The number of aryl methyl sites for hydroxylation is 1. The third-order valence-corrected chi connectivity index (χ3v) is 5.39. The molecule has 2 heterocycles. The van der Waals surface area contributed by atoms with E-state index in [9.17, 15) is 0 Å². The van der Waals surface area contributed by atoms with Gasteiger partial charge in [0.2, 0.25) is 0 Å². The van der Waals surface area contributed by atoms with Gasteiger partial charge >= 0.3 is 0 Å². The fourth-order valence-electron chi connectivity index (χ4n) is 3.53. The molecule has 26 heavy (non-hydrogen) atoms. The third kappa shape index (κ3) is 3.37. The summed E-state index contributed by atoms with van der Waals surface area (Å²) in [7, 11) is 4.14. The van der Waals surface area contributed by atoms with Crippen LogP contribution in [0.3, 0.4) is 0 Å². The van der Waals surface area contributed by atoms with Gasteiger partial charge in [-0.2, -0.15) is 5.10 Å². The Bertz CT molecular complexity index is 912. The first-order valence-corrected chi connectivity index (χ1v) is 9.37. The Morgan fingerprint density at radius 1 is 1.04 bits per heavy atom. The molecule has 1 N–H and O–H groups in total. The highest BCUT2D eigenvalue weighted by Crippen LogP contribution is 2.30. The fraction of sp³-hybridized carbons (Fsp3) is 0.350. The second kappa shape index (κ2) is 7.17. The van der Waals surface area contributed by atoms with Gasteiger partial charge in [0, 0.05) is 44.3 Å². The zero-order valence-corrected chi connectivity index (χ0v) is 16.0. The Hall–Kier alpha value is -2.24. The monoisotopic (exact) mass is 369 g/mol. The van der Waals surface area contributed by atoms with Crippen LogP contribution in [0.2, 0.25) is 5.02 Å². The molecule has 0 bridgehead atoms. The minimum Gasteiger partial charge on any atom is -0.379 e. The number of rotatable bonds is 4. The van der Waals surface area contributed by atoms with Gasteiger partial charge < -0.3 is 15.1 Å². The van der Waals surface area contributed by atoms with Crippen molar-refractivity contribution in [3.05, 3.63) is 53.2 Å². The zero-order chi connectivity index (χ0) is 18.1. The third-order valence-electron chi connectivity index (χ3n) is 5.09. The maximum atomic E-state index is 6.57. The van der Waals surface area contributed by atoms with Gasteiger partial charge in [0.15, 0.2) is 0 Å². The van der Waals surface area contributed by atoms with Gasteiger partial charge in [0.1, 0.15) is 0 Å². The highest BCUT2D eigenvalue weighted by molar-refractivity contribution is 6.33. The number of hydrogen-bond acceptors (Lipinski definition) is 4. The normalized spacial score (nSPS) is 15.6. The van der Waals surface area contributed by atoms with Crippen LogP contribution in [0, 0.1) is 0 Å². The van der Waals surface area contributed by atoms with E-state index in [1.54, 1.807) is 0 Å². The molecule has 4 rings (SSSR count). The Labute approximate surface area is 159 Å². The van der Waals surface area contributed by atoms with Crippen molar-refractivity contribution in [1.29, 1.82) is 0 Å². The number of fused-ring (bicyclic) bond motifs is 1. The van der Waals surface area contributed by atoms with E-state index >= 15 is 0 Å². The Kier molecular flexibility index (Phi) is 4.74. The second-order valence-corrected chi connectivity index (χ2v) is 7.30. The molecular formula is C20H24ClN5. The Morgan fingerprint density at radius 3 is 2.58 bits per heavy atom. The van der Waals surface area contributed by atoms with E-state index in [1.165, 1.54) is 5.39 Å². The smallest absolute Gasteiger partial charge is 0.0894 e. The second-order valence-electron chi connectivity index (χ2n) is 6.90. The van der Waals surface area contributed by atoms with Crippen LogP contribution in [0.5, 0.6) is 0 Å². The number of nitrogens with one attached hydrogen (secondary N) is 1. The van der Waals surface area contributed by atoms with E-state index in [4.69, 9.17) is 11.6 Å². The predicted molar refractivity (Wildman–Crippen MR) is 109 cm³/mol. The van der Waals surface area contributed by atoms with Crippen LogP contribution in [0.1, 0.15) is 5.69 Å². The van der Waals surface area contributed by atoms with E-state index in [1.807, 2.05) is 23.9 Å². The van der Waals surface area contributed by atoms with E-state index in [0.717, 1.165) is 53.8 Å². The molecule has 0 atom stereocenters. The molecule has 1 fully saturated rings. The lowest BCUT2D eigenvalue weighted by atomic mass is 10.2. The molecule has 0 saturated carbocycles. The molecule has 0 unspecified atom stereocenters. The van der Waals surface area contributed by atoms with Crippen LogP contribution >= 0.6 is 11.6 Å². The molecule has 2 aromatic carbocycles. The van der Waals surface area contributed by atoms with Gasteiger partial charge in [0.25, 0.3) is 0 Å². The summed E-state index contributed by atoms with van der Waals surface area (Å²) in [6, 6.07) is 14.5. The molecule has 0 radical (unpaired) electrons. The summed E-state index contributed by atoms with van der Waals surface area (Å²) in [5, 5.41) is 10.1. The van der Waals surface area contributed by atoms with Crippen molar-refractivity contribution in [2.24, 2.45) is 7.05 Å². The van der Waals surface area contributed by atoms with Gasteiger partial charge in [-0.05, 0) is 31.3 Å². The number of aromatic nitrogens is 2. The first-order valence-electron chi connectivity index (χ1n) is 8.99. The van der Waals surface area contributed by atoms with Crippen LogP contribution in [-0.4, -0.2) is 47.9 Å². The molecule has 0 spiro atoms. The minimum absolute atomic E-state index is 0.672. The summed E-state index contributed by atoms with van der Waals surface area (Å²) in [6.45, 7) is 4.85. The molecule has 1 aliphatic heterocycles. The van der Waals surface area contributed by atoms with E-state index < -0.39 is 0 Å². The Morgan fingerprint density at radius 2 is 1.81 bits per heavy atom. The van der Waals surface area contributed by atoms with Gasteiger partial charge in [-0.25, -0.2) is 0 Å². The van der Waals surface area contributed by atoms with Crippen molar-refractivity contribution in [3.8, 4) is 0 Å². The first kappa shape index (κ1) is 17.2. The number of anilines is 2. The summed E-state index contributed by atoms with van der Waals surface area (Å²) >= 11 is 6.57. The van der Waals surface area contributed by atoms with Gasteiger partial charge in [-0.15, -0.1) is 0 Å². The van der Waals surface area contributed by atoms with Crippen molar-refractivity contribution in [2.75, 3.05) is 43.4 Å². The van der Waals surface area contributed by atoms with Crippen LogP contribution in [-0.2, 0) is 13.6 Å². The fourth-order valence-corrected chi connectivity index (χ4v) is 3.83. The lowest BCUT2D eigenvalue weighted by molar-refractivity contribution is 0.313. The lowest BCUT2D eigenvalue weighted by Gasteiger charge is -2.34. The van der Waals surface area contributed by atoms with E-state index in [-0.39, 0.29) is 0 Å².